The third kappa shape index (κ3) is 12.2. The Bertz CT molecular complexity index is 1630. The van der Waals surface area contributed by atoms with E-state index in [-0.39, 0.29) is 43.4 Å². The predicted octanol–water partition coefficient (Wildman–Crippen LogP) is 7.12. The third-order valence-corrected chi connectivity index (χ3v) is 9.67. The zero-order valence-electron chi connectivity index (χ0n) is 31.8. The van der Waals surface area contributed by atoms with Crippen LogP contribution in [0.25, 0.3) is 0 Å². The summed E-state index contributed by atoms with van der Waals surface area (Å²) >= 11 is 0. The summed E-state index contributed by atoms with van der Waals surface area (Å²) in [6.07, 6.45) is 0.580. The van der Waals surface area contributed by atoms with Crippen LogP contribution in [0.1, 0.15) is 62.8 Å². The van der Waals surface area contributed by atoms with Gasteiger partial charge in [0.2, 0.25) is 0 Å². The molecule has 3 atom stereocenters. The normalized spacial score (nSPS) is 15.4. The molecule has 4 aromatic carbocycles. The number of ether oxygens (including phenoxy) is 7. The molecule has 1 saturated heterocycles. The lowest BCUT2D eigenvalue weighted by molar-refractivity contribution is 0.00988. The second-order valence-corrected chi connectivity index (χ2v) is 14.6. The van der Waals surface area contributed by atoms with Crippen molar-refractivity contribution in [3.05, 3.63) is 119 Å². The molecular weight excluding hydrogens is 672 g/mol. The summed E-state index contributed by atoms with van der Waals surface area (Å²) in [5.41, 5.74) is 4.12. The summed E-state index contributed by atoms with van der Waals surface area (Å²) in [6, 6.07) is 32.1. The molecule has 0 aliphatic carbocycles. The van der Waals surface area contributed by atoms with Crippen LogP contribution in [0.3, 0.4) is 0 Å². The molecule has 53 heavy (non-hydrogen) atoms. The van der Waals surface area contributed by atoms with Crippen molar-refractivity contribution in [3.8, 4) is 23.0 Å². The van der Waals surface area contributed by atoms with Gasteiger partial charge in [-0.2, -0.15) is 0 Å². The van der Waals surface area contributed by atoms with Crippen molar-refractivity contribution in [1.82, 2.24) is 0 Å². The van der Waals surface area contributed by atoms with Crippen LogP contribution in [0.15, 0.2) is 97.1 Å². The van der Waals surface area contributed by atoms with Crippen LogP contribution in [0.4, 0.5) is 0 Å². The topological polar surface area (TPSA) is 108 Å². The van der Waals surface area contributed by atoms with E-state index in [1.54, 1.807) is 7.11 Å². The van der Waals surface area contributed by atoms with Gasteiger partial charge in [-0.1, -0.05) is 76.2 Å². The lowest BCUT2D eigenvalue weighted by atomic mass is 9.78. The average Bonchev–Trinajstić information content (AvgIpc) is 4.01. The summed E-state index contributed by atoms with van der Waals surface area (Å²) in [6.45, 7) is 12.0. The highest BCUT2D eigenvalue weighted by atomic mass is 16.6. The highest BCUT2D eigenvalue weighted by Crippen LogP contribution is 2.35. The van der Waals surface area contributed by atoms with E-state index >= 15 is 0 Å². The summed E-state index contributed by atoms with van der Waals surface area (Å²) in [5, 5.41) is 20.8. The van der Waals surface area contributed by atoms with Crippen LogP contribution in [0.5, 0.6) is 23.0 Å². The number of hydrogen-bond acceptors (Lipinski definition) is 9. The van der Waals surface area contributed by atoms with Gasteiger partial charge in [-0.25, -0.2) is 0 Å². The van der Waals surface area contributed by atoms with Crippen LogP contribution >= 0.6 is 0 Å². The Kier molecular flexibility index (Phi) is 14.6. The fourth-order valence-electron chi connectivity index (χ4n) is 5.90. The van der Waals surface area contributed by atoms with Gasteiger partial charge in [0, 0.05) is 31.2 Å². The first-order chi connectivity index (χ1) is 25.5. The zero-order chi connectivity index (χ0) is 37.7. The van der Waals surface area contributed by atoms with Gasteiger partial charge in [0.05, 0.1) is 13.2 Å². The van der Waals surface area contributed by atoms with E-state index in [1.165, 1.54) is 5.56 Å². The van der Waals surface area contributed by atoms with Crippen molar-refractivity contribution in [2.24, 2.45) is 0 Å². The number of aliphatic hydroxyl groups is 2. The number of hydrogen-bond donors (Lipinski definition) is 2. The Hall–Kier alpha value is -4.12. The van der Waals surface area contributed by atoms with Crippen LogP contribution in [-0.4, -0.2) is 88.5 Å². The fourth-order valence-corrected chi connectivity index (χ4v) is 5.90. The molecule has 2 N–H and O–H groups in total. The Morgan fingerprint density at radius 2 is 0.887 bits per heavy atom. The smallest absolute Gasteiger partial charge is 0.122 e. The molecular formula is C44H56O9. The Morgan fingerprint density at radius 1 is 0.547 bits per heavy atom. The quantitative estimate of drug-likeness (QED) is 0.0610. The second kappa shape index (κ2) is 19.3. The molecule has 1 fully saturated rings. The van der Waals surface area contributed by atoms with E-state index in [9.17, 15) is 10.2 Å². The molecule has 0 aromatic heterocycles. The molecule has 3 unspecified atom stereocenters. The van der Waals surface area contributed by atoms with Crippen molar-refractivity contribution in [2.75, 3.05) is 60.0 Å². The van der Waals surface area contributed by atoms with Crippen molar-refractivity contribution in [2.45, 2.75) is 69.7 Å². The van der Waals surface area contributed by atoms with Crippen molar-refractivity contribution in [1.29, 1.82) is 0 Å². The van der Waals surface area contributed by atoms with Gasteiger partial charge in [0.15, 0.2) is 0 Å². The standard InChI is InChI=1S/C44H56O9/c1-43(2,32-8-16-38(17-9-32)49-27-36(45)26-48-25-7-6-24-47-5)33-10-18-39(19-11-33)50-28-37(46)29-51-40-20-12-34(13-21-40)44(3,4)35-14-22-41(23-15-35)52-30-42-31-53-42/h8-23,36-37,42,45-46H,6-7,24-31H2,1-5H3. The lowest BCUT2D eigenvalue weighted by Gasteiger charge is -2.27. The van der Waals surface area contributed by atoms with Crippen molar-refractivity contribution in [3.63, 3.8) is 0 Å². The van der Waals surface area contributed by atoms with E-state index in [1.807, 2.05) is 72.8 Å². The van der Waals surface area contributed by atoms with Gasteiger partial charge in [-0.3, -0.25) is 0 Å². The molecule has 0 radical (unpaired) electrons. The van der Waals surface area contributed by atoms with E-state index in [2.05, 4.69) is 52.0 Å². The maximum Gasteiger partial charge on any atom is 0.122 e. The summed E-state index contributed by atoms with van der Waals surface area (Å²) in [5.74, 6) is 2.90. The number of benzene rings is 4. The third-order valence-electron chi connectivity index (χ3n) is 9.67. The minimum absolute atomic E-state index is 0.109. The molecule has 1 heterocycles. The second-order valence-electron chi connectivity index (χ2n) is 14.6. The monoisotopic (exact) mass is 728 g/mol. The summed E-state index contributed by atoms with van der Waals surface area (Å²) in [4.78, 5) is 0. The first kappa shape index (κ1) is 40.1. The zero-order valence-corrected chi connectivity index (χ0v) is 31.8. The molecule has 1 aliphatic rings. The Morgan fingerprint density at radius 3 is 1.25 bits per heavy atom. The van der Waals surface area contributed by atoms with Gasteiger partial charge in [0.1, 0.15) is 67.7 Å². The molecule has 5 rings (SSSR count). The molecule has 0 amide bonds. The van der Waals surface area contributed by atoms with Crippen LogP contribution in [0, 0.1) is 0 Å². The first-order valence-corrected chi connectivity index (χ1v) is 18.5. The first-order valence-electron chi connectivity index (χ1n) is 18.5. The van der Waals surface area contributed by atoms with Crippen molar-refractivity contribution < 1.29 is 43.4 Å². The number of methoxy groups -OCH3 is 1. The fraction of sp³-hybridized carbons (Fsp3) is 0.455. The molecule has 9 nitrogen and oxygen atoms in total. The molecule has 1 aliphatic heterocycles. The van der Waals surface area contributed by atoms with E-state index in [0.717, 1.165) is 41.9 Å². The number of aliphatic hydroxyl groups excluding tert-OH is 2. The number of epoxide rings is 1. The minimum atomic E-state index is -0.796. The van der Waals surface area contributed by atoms with E-state index in [4.69, 9.17) is 33.2 Å². The maximum atomic E-state index is 10.6. The highest BCUT2D eigenvalue weighted by molar-refractivity contribution is 5.43. The van der Waals surface area contributed by atoms with Gasteiger partial charge in [-0.05, 0) is 83.6 Å². The molecule has 0 saturated carbocycles. The molecule has 0 bridgehead atoms. The summed E-state index contributed by atoms with van der Waals surface area (Å²) in [7, 11) is 1.68. The van der Waals surface area contributed by atoms with Crippen LogP contribution in [-0.2, 0) is 25.0 Å². The SMILES string of the molecule is COCCCCOCC(O)COc1ccc(C(C)(C)c2ccc(OCC(O)COc3ccc(C(C)(C)c4ccc(OCC5CO5)cc4)cc3)cc2)cc1. The Labute approximate surface area is 314 Å². The molecule has 0 spiro atoms. The van der Waals surface area contributed by atoms with Crippen molar-refractivity contribution >= 4 is 0 Å². The molecule has 4 aromatic rings. The maximum absolute atomic E-state index is 10.6. The highest BCUT2D eigenvalue weighted by Gasteiger charge is 2.26. The van der Waals surface area contributed by atoms with Crippen LogP contribution in [0.2, 0.25) is 0 Å². The van der Waals surface area contributed by atoms with E-state index in [0.29, 0.717) is 37.1 Å². The van der Waals surface area contributed by atoms with Gasteiger partial charge < -0.3 is 43.4 Å². The van der Waals surface area contributed by atoms with Gasteiger partial charge in [0.25, 0.3) is 0 Å². The molecule has 9 heteroatoms. The average molecular weight is 729 g/mol. The minimum Gasteiger partial charge on any atom is -0.491 e. The number of rotatable bonds is 23. The van der Waals surface area contributed by atoms with Gasteiger partial charge in [-0.15, -0.1) is 0 Å². The van der Waals surface area contributed by atoms with Gasteiger partial charge >= 0.3 is 0 Å². The Balaban J connectivity index is 1.02. The lowest BCUT2D eigenvalue weighted by Crippen LogP contribution is -2.25. The van der Waals surface area contributed by atoms with E-state index < -0.39 is 12.2 Å². The summed E-state index contributed by atoms with van der Waals surface area (Å²) < 4.78 is 39.1. The number of unbranched alkanes of at least 4 members (excludes halogenated alkanes) is 1. The predicted molar refractivity (Wildman–Crippen MR) is 206 cm³/mol. The largest absolute Gasteiger partial charge is 0.491 e. The van der Waals surface area contributed by atoms with Crippen LogP contribution < -0.4 is 18.9 Å². The molecule has 286 valence electrons.